The second-order valence-corrected chi connectivity index (χ2v) is 5.83. The van der Waals surface area contributed by atoms with Crippen molar-refractivity contribution in [2.75, 3.05) is 0 Å². The molecule has 0 atom stereocenters. The zero-order chi connectivity index (χ0) is 14.0. The largest absolute Gasteiger partial charge is 0.298 e. The third-order valence-corrected chi connectivity index (χ3v) is 4.89. The smallest absolute Gasteiger partial charge is 0.152 e. The lowest BCUT2D eigenvalue weighted by Gasteiger charge is -2.12. The summed E-state index contributed by atoms with van der Waals surface area (Å²) in [6.45, 7) is 7.98. The van der Waals surface area contributed by atoms with E-state index in [0.29, 0.717) is 0 Å². The van der Waals surface area contributed by atoms with Gasteiger partial charge in [-0.05, 0) is 50.7 Å². The molecule has 2 aromatic rings. The van der Waals surface area contributed by atoms with Gasteiger partial charge in [-0.3, -0.25) is 4.79 Å². The molecule has 1 aliphatic rings. The van der Waals surface area contributed by atoms with E-state index in [4.69, 9.17) is 0 Å². The standard InChI is InChI=1S/C14H15NOS.C2H6/c1-8-11(7-16)9(2)15-14-13(8)10-5-3-4-6-12(10)17-14;1-2/h7H,3-6H2,1-2H3;1-2H3. The molecule has 2 nitrogen and oxygen atoms in total. The first-order chi connectivity index (χ1) is 9.22. The van der Waals surface area contributed by atoms with Gasteiger partial charge in [-0.2, -0.15) is 0 Å². The topological polar surface area (TPSA) is 30.0 Å². The highest BCUT2D eigenvalue weighted by Crippen LogP contribution is 2.38. The van der Waals surface area contributed by atoms with E-state index < -0.39 is 0 Å². The van der Waals surface area contributed by atoms with Gasteiger partial charge < -0.3 is 0 Å². The molecule has 0 aromatic carbocycles. The van der Waals surface area contributed by atoms with Gasteiger partial charge in [0.05, 0.1) is 0 Å². The third kappa shape index (κ3) is 2.32. The minimum absolute atomic E-state index is 0.781. The molecule has 0 N–H and O–H groups in total. The van der Waals surface area contributed by atoms with Crippen LogP contribution in [0.3, 0.4) is 0 Å². The van der Waals surface area contributed by atoms with E-state index in [9.17, 15) is 4.79 Å². The van der Waals surface area contributed by atoms with Gasteiger partial charge in [-0.1, -0.05) is 13.8 Å². The van der Waals surface area contributed by atoms with Crippen LogP contribution >= 0.6 is 11.3 Å². The van der Waals surface area contributed by atoms with Crippen molar-refractivity contribution in [1.29, 1.82) is 0 Å². The Labute approximate surface area is 118 Å². The number of nitrogens with zero attached hydrogens (tertiary/aromatic N) is 1. The number of aldehydes is 1. The fourth-order valence-corrected chi connectivity index (χ4v) is 4.18. The molecule has 0 saturated carbocycles. The van der Waals surface area contributed by atoms with Crippen molar-refractivity contribution >= 4 is 27.8 Å². The average molecular weight is 275 g/mol. The van der Waals surface area contributed by atoms with Crippen LogP contribution in [0.5, 0.6) is 0 Å². The molecule has 3 rings (SSSR count). The van der Waals surface area contributed by atoms with Crippen LogP contribution in [-0.2, 0) is 12.8 Å². The average Bonchev–Trinajstić information content (AvgIpc) is 2.79. The van der Waals surface area contributed by atoms with Gasteiger partial charge in [-0.15, -0.1) is 11.3 Å². The summed E-state index contributed by atoms with van der Waals surface area (Å²) in [5, 5.41) is 1.26. The van der Waals surface area contributed by atoms with Gasteiger partial charge >= 0.3 is 0 Å². The molecular weight excluding hydrogens is 254 g/mol. The third-order valence-electron chi connectivity index (χ3n) is 3.71. The predicted octanol–water partition coefficient (Wildman–Crippen LogP) is 4.63. The van der Waals surface area contributed by atoms with E-state index in [-0.39, 0.29) is 0 Å². The number of fused-ring (bicyclic) bond motifs is 3. The Morgan fingerprint density at radius 1 is 1.16 bits per heavy atom. The summed E-state index contributed by atoms with van der Waals surface area (Å²) in [5.41, 5.74) is 4.23. The minimum Gasteiger partial charge on any atom is -0.298 e. The summed E-state index contributed by atoms with van der Waals surface area (Å²) in [5.74, 6) is 0. The normalized spacial score (nSPS) is 13.7. The summed E-state index contributed by atoms with van der Waals surface area (Å²) >= 11 is 1.82. The van der Waals surface area contributed by atoms with E-state index in [1.165, 1.54) is 35.1 Å². The van der Waals surface area contributed by atoms with Crippen molar-refractivity contribution in [2.45, 2.75) is 53.4 Å². The number of aromatic nitrogens is 1. The van der Waals surface area contributed by atoms with Gasteiger partial charge in [0, 0.05) is 21.5 Å². The molecular formula is C16H21NOS. The van der Waals surface area contributed by atoms with Crippen LogP contribution in [0.15, 0.2) is 0 Å². The maximum atomic E-state index is 11.1. The van der Waals surface area contributed by atoms with Gasteiger partial charge in [-0.25, -0.2) is 4.98 Å². The molecule has 0 saturated heterocycles. The molecule has 2 aromatic heterocycles. The van der Waals surface area contributed by atoms with E-state index in [1.807, 2.05) is 32.1 Å². The number of rotatable bonds is 1. The summed E-state index contributed by atoms with van der Waals surface area (Å²) in [7, 11) is 0. The Hall–Kier alpha value is -1.22. The number of hydrogen-bond donors (Lipinski definition) is 0. The van der Waals surface area contributed by atoms with E-state index in [2.05, 4.69) is 11.9 Å². The zero-order valence-corrected chi connectivity index (χ0v) is 13.0. The highest BCUT2D eigenvalue weighted by atomic mass is 32.1. The maximum Gasteiger partial charge on any atom is 0.152 e. The molecule has 0 amide bonds. The SMILES string of the molecule is CC.Cc1nc2sc3c(c2c(C)c1C=O)CCCC3. The molecule has 3 heteroatoms. The van der Waals surface area contributed by atoms with E-state index in [0.717, 1.165) is 34.4 Å². The number of carbonyl (C=O) groups excluding carboxylic acids is 1. The lowest BCUT2D eigenvalue weighted by molar-refractivity contribution is 0.112. The Kier molecular flexibility index (Phi) is 4.35. The van der Waals surface area contributed by atoms with Gasteiger partial charge in [0.1, 0.15) is 4.83 Å². The van der Waals surface area contributed by atoms with Crippen LogP contribution < -0.4 is 0 Å². The summed E-state index contributed by atoms with van der Waals surface area (Å²) in [4.78, 5) is 18.4. The number of carbonyl (C=O) groups is 1. The van der Waals surface area contributed by atoms with Crippen LogP contribution in [0, 0.1) is 13.8 Å². The monoisotopic (exact) mass is 275 g/mol. The fraction of sp³-hybridized carbons (Fsp3) is 0.500. The van der Waals surface area contributed by atoms with Crippen molar-refractivity contribution in [3.63, 3.8) is 0 Å². The maximum absolute atomic E-state index is 11.1. The van der Waals surface area contributed by atoms with Crippen molar-refractivity contribution < 1.29 is 4.79 Å². The molecule has 0 spiro atoms. The van der Waals surface area contributed by atoms with Gasteiger partial charge in [0.25, 0.3) is 0 Å². The summed E-state index contributed by atoms with van der Waals surface area (Å²) in [6.07, 6.45) is 5.84. The molecule has 0 unspecified atom stereocenters. The van der Waals surface area contributed by atoms with Crippen LogP contribution in [0.4, 0.5) is 0 Å². The second-order valence-electron chi connectivity index (χ2n) is 4.74. The van der Waals surface area contributed by atoms with Crippen LogP contribution in [0.1, 0.15) is 58.7 Å². The first kappa shape index (κ1) is 14.2. The minimum atomic E-state index is 0.781. The number of aryl methyl sites for hydroxylation is 4. The Bertz CT molecular complexity index is 613. The number of thiophene rings is 1. The molecule has 2 heterocycles. The van der Waals surface area contributed by atoms with Gasteiger partial charge in [0.2, 0.25) is 0 Å². The fourth-order valence-electron chi connectivity index (χ4n) is 2.81. The van der Waals surface area contributed by atoms with E-state index >= 15 is 0 Å². The van der Waals surface area contributed by atoms with E-state index in [1.54, 1.807) is 0 Å². The van der Waals surface area contributed by atoms with Crippen LogP contribution in [-0.4, -0.2) is 11.3 Å². The van der Waals surface area contributed by atoms with Crippen LogP contribution in [0.25, 0.3) is 10.2 Å². The Balaban J connectivity index is 0.000000637. The highest BCUT2D eigenvalue weighted by molar-refractivity contribution is 7.18. The predicted molar refractivity (Wildman–Crippen MR) is 82.5 cm³/mol. The Morgan fingerprint density at radius 2 is 1.84 bits per heavy atom. The lowest BCUT2D eigenvalue weighted by Crippen LogP contribution is -2.00. The van der Waals surface area contributed by atoms with Crippen molar-refractivity contribution in [1.82, 2.24) is 4.98 Å². The molecule has 0 radical (unpaired) electrons. The lowest BCUT2D eigenvalue weighted by atomic mass is 9.94. The zero-order valence-electron chi connectivity index (χ0n) is 12.2. The van der Waals surface area contributed by atoms with Gasteiger partial charge in [0.15, 0.2) is 6.29 Å². The van der Waals surface area contributed by atoms with Crippen LogP contribution in [0.2, 0.25) is 0 Å². The van der Waals surface area contributed by atoms with Crippen molar-refractivity contribution in [3.8, 4) is 0 Å². The molecule has 0 fully saturated rings. The molecule has 0 bridgehead atoms. The quantitative estimate of drug-likeness (QED) is 0.710. The number of pyridine rings is 1. The molecule has 102 valence electrons. The summed E-state index contributed by atoms with van der Waals surface area (Å²) < 4.78 is 0. The highest BCUT2D eigenvalue weighted by Gasteiger charge is 2.20. The van der Waals surface area contributed by atoms with Crippen molar-refractivity contribution in [3.05, 3.63) is 27.3 Å². The second kappa shape index (κ2) is 5.83. The molecule has 19 heavy (non-hydrogen) atoms. The summed E-state index contributed by atoms with van der Waals surface area (Å²) in [6, 6.07) is 0. The number of hydrogen-bond acceptors (Lipinski definition) is 3. The van der Waals surface area contributed by atoms with Crippen molar-refractivity contribution in [2.24, 2.45) is 0 Å². The first-order valence-corrected chi connectivity index (χ1v) is 7.90. The molecule has 0 aliphatic heterocycles. The first-order valence-electron chi connectivity index (χ1n) is 7.09. The Morgan fingerprint density at radius 3 is 2.53 bits per heavy atom. The molecule has 1 aliphatic carbocycles.